The molecule has 2 saturated carbocycles. The maximum atomic E-state index is 14.6. The zero-order valence-electron chi connectivity index (χ0n) is 27.5. The van der Waals surface area contributed by atoms with Crippen LogP contribution < -0.4 is 0 Å². The molecule has 4 atom stereocenters. The number of ketones is 3. The molecule has 0 saturated heterocycles. The van der Waals surface area contributed by atoms with Gasteiger partial charge in [-0.3, -0.25) is 14.4 Å². The van der Waals surface area contributed by atoms with Gasteiger partial charge in [0.25, 0.3) is 0 Å². The van der Waals surface area contributed by atoms with Crippen LogP contribution in [0.5, 0.6) is 5.75 Å². The molecule has 5 rings (SSSR count). The molecule has 0 bridgehead atoms. The summed E-state index contributed by atoms with van der Waals surface area (Å²) >= 11 is 0. The number of allylic oxidation sites excluding steroid dienone is 1. The molecule has 7 heteroatoms. The number of carbonyl (C=O) groups excluding carboxylic acids is 3. The zero-order chi connectivity index (χ0) is 32.5. The first kappa shape index (κ1) is 32.5. The molecule has 0 heterocycles. The number of carbonyl (C=O) groups is 3. The number of Topliss-reactive ketones (excluding diaryl/α,β-unsaturated/α-hetero) is 3. The lowest BCUT2D eigenvalue weighted by molar-refractivity contribution is -0.178. The molecule has 4 N–H and O–H groups in total. The van der Waals surface area contributed by atoms with Gasteiger partial charge in [-0.15, -0.1) is 0 Å². The summed E-state index contributed by atoms with van der Waals surface area (Å²) < 4.78 is 0. The van der Waals surface area contributed by atoms with Gasteiger partial charge in [-0.1, -0.05) is 86.1 Å². The van der Waals surface area contributed by atoms with E-state index in [1.54, 1.807) is 6.92 Å². The van der Waals surface area contributed by atoms with Crippen molar-refractivity contribution >= 4 is 23.1 Å². The minimum absolute atomic E-state index is 0.0451. The van der Waals surface area contributed by atoms with E-state index >= 15 is 0 Å². The topological polar surface area (TPSA) is 132 Å². The summed E-state index contributed by atoms with van der Waals surface area (Å²) in [6.07, 6.45) is 9.41. The Morgan fingerprint density at radius 1 is 1.02 bits per heavy atom. The Morgan fingerprint density at radius 3 is 2.23 bits per heavy atom. The summed E-state index contributed by atoms with van der Waals surface area (Å²) in [4.78, 5) is 40.9. The maximum absolute atomic E-state index is 14.6. The molecule has 4 aliphatic carbocycles. The van der Waals surface area contributed by atoms with Crippen LogP contribution in [-0.2, 0) is 27.2 Å². The van der Waals surface area contributed by atoms with Crippen molar-refractivity contribution in [3.63, 3.8) is 0 Å². The van der Waals surface area contributed by atoms with Crippen molar-refractivity contribution in [3.05, 3.63) is 45.2 Å². The summed E-state index contributed by atoms with van der Waals surface area (Å²) in [6.45, 7) is 12.4. The predicted octanol–water partition coefficient (Wildman–Crippen LogP) is 7.22. The Bertz CT molecular complexity index is 1470. The SMILES string of the molecule is CC(=O)C1=C(O)[C@]2(O)C(=O)C3=C(O)c4c(O)c(CCCC5CCCCC5)cc(C(C)C)c4C[C@]3(C)C[C@]2(C)C(C(C)C)C1=O. The van der Waals surface area contributed by atoms with E-state index in [0.29, 0.717) is 18.8 Å². The van der Waals surface area contributed by atoms with Gasteiger partial charge < -0.3 is 20.4 Å². The average Bonchev–Trinajstić information content (AvgIpc) is 2.92. The molecule has 240 valence electrons. The third-order valence-corrected chi connectivity index (χ3v) is 11.5. The van der Waals surface area contributed by atoms with Gasteiger partial charge >= 0.3 is 0 Å². The fourth-order valence-corrected chi connectivity index (χ4v) is 9.63. The van der Waals surface area contributed by atoms with Gasteiger partial charge in [-0.2, -0.15) is 0 Å². The molecule has 0 spiro atoms. The van der Waals surface area contributed by atoms with Crippen LogP contribution in [0.4, 0.5) is 0 Å². The number of rotatable bonds is 7. The monoisotopic (exact) mass is 606 g/mol. The Balaban J connectivity index is 1.67. The molecule has 0 radical (unpaired) electrons. The number of benzene rings is 1. The molecule has 7 nitrogen and oxygen atoms in total. The summed E-state index contributed by atoms with van der Waals surface area (Å²) in [5, 5.41) is 47.3. The summed E-state index contributed by atoms with van der Waals surface area (Å²) in [7, 11) is 0. The fraction of sp³-hybridized carbons (Fsp3) is 0.649. The van der Waals surface area contributed by atoms with Gasteiger partial charge in [0, 0.05) is 22.3 Å². The lowest BCUT2D eigenvalue weighted by Gasteiger charge is -2.60. The van der Waals surface area contributed by atoms with E-state index in [9.17, 15) is 34.8 Å². The van der Waals surface area contributed by atoms with Crippen LogP contribution >= 0.6 is 0 Å². The number of fused-ring (bicyclic) bond motifs is 3. The minimum Gasteiger partial charge on any atom is -0.508 e. The average molecular weight is 607 g/mol. The second-order valence-corrected chi connectivity index (χ2v) is 15.3. The highest BCUT2D eigenvalue weighted by Gasteiger charge is 2.72. The molecule has 0 amide bonds. The van der Waals surface area contributed by atoms with Crippen LogP contribution in [-0.4, -0.2) is 43.4 Å². The molecular formula is C37H50O7. The predicted molar refractivity (Wildman–Crippen MR) is 169 cm³/mol. The fourth-order valence-electron chi connectivity index (χ4n) is 9.63. The van der Waals surface area contributed by atoms with Crippen molar-refractivity contribution < 1.29 is 34.8 Å². The highest BCUT2D eigenvalue weighted by atomic mass is 16.3. The van der Waals surface area contributed by atoms with Crippen molar-refractivity contribution in [1.82, 2.24) is 0 Å². The number of aliphatic hydroxyl groups is 3. The summed E-state index contributed by atoms with van der Waals surface area (Å²) in [6, 6.07) is 2.05. The highest BCUT2D eigenvalue weighted by Crippen LogP contribution is 2.65. The second kappa shape index (κ2) is 11.1. The lowest BCUT2D eigenvalue weighted by Crippen LogP contribution is -2.69. The van der Waals surface area contributed by atoms with E-state index in [1.165, 1.54) is 32.1 Å². The molecule has 44 heavy (non-hydrogen) atoms. The third kappa shape index (κ3) is 4.59. The van der Waals surface area contributed by atoms with Crippen molar-refractivity contribution in [3.8, 4) is 5.75 Å². The number of aromatic hydroxyl groups is 1. The Hall–Kier alpha value is -2.93. The molecule has 0 aliphatic heterocycles. The number of aryl methyl sites for hydroxylation is 1. The van der Waals surface area contributed by atoms with Gasteiger partial charge in [0.1, 0.15) is 22.8 Å². The van der Waals surface area contributed by atoms with E-state index in [1.807, 2.05) is 20.8 Å². The Labute approximate surface area is 261 Å². The van der Waals surface area contributed by atoms with Crippen LogP contribution in [0.25, 0.3) is 5.76 Å². The smallest absolute Gasteiger partial charge is 0.203 e. The van der Waals surface area contributed by atoms with Crippen LogP contribution in [0.2, 0.25) is 0 Å². The first-order valence-corrected chi connectivity index (χ1v) is 16.6. The molecule has 0 aromatic heterocycles. The summed E-state index contributed by atoms with van der Waals surface area (Å²) in [5.74, 6) is -4.06. The Kier molecular flexibility index (Phi) is 8.23. The van der Waals surface area contributed by atoms with Gasteiger partial charge in [0.05, 0.1) is 5.56 Å². The van der Waals surface area contributed by atoms with Gasteiger partial charge in [0.2, 0.25) is 5.78 Å². The van der Waals surface area contributed by atoms with Gasteiger partial charge in [-0.25, -0.2) is 0 Å². The number of phenols is 1. The molecular weight excluding hydrogens is 556 g/mol. The van der Waals surface area contributed by atoms with E-state index < -0.39 is 56.8 Å². The normalized spacial score (nSPS) is 31.0. The van der Waals surface area contributed by atoms with Crippen LogP contribution in [0, 0.1) is 28.6 Å². The molecule has 1 unspecified atom stereocenters. The van der Waals surface area contributed by atoms with Crippen molar-refractivity contribution in [2.75, 3.05) is 0 Å². The highest BCUT2D eigenvalue weighted by molar-refractivity contribution is 6.24. The van der Waals surface area contributed by atoms with E-state index in [4.69, 9.17) is 0 Å². The number of phenolic OH excluding ortho intramolecular Hbond substituents is 1. The van der Waals surface area contributed by atoms with Crippen molar-refractivity contribution in [2.24, 2.45) is 28.6 Å². The number of hydrogen-bond acceptors (Lipinski definition) is 7. The van der Waals surface area contributed by atoms with Gasteiger partial charge in [-0.05, 0) is 67.1 Å². The Morgan fingerprint density at radius 2 is 1.66 bits per heavy atom. The standard InChI is InChI=1S/C37H50O7/c1-19(2)24-16-23(15-11-14-22-12-9-8-10-13-22)30(39)27-25(24)17-35(6)18-36(7)28(20(3)4)31(40)26(21(5)38)33(42)37(36,44)34(43)29(35)32(27)41/h16,19-20,22,28,39,41-42,44H,8-15,17-18H2,1-7H3/t28?,35-,36-,37+/m1/s1. The van der Waals surface area contributed by atoms with E-state index in [0.717, 1.165) is 36.5 Å². The minimum atomic E-state index is -2.59. The maximum Gasteiger partial charge on any atom is 0.203 e. The van der Waals surface area contributed by atoms with E-state index in [-0.39, 0.29) is 35.1 Å². The van der Waals surface area contributed by atoms with Crippen LogP contribution in [0.1, 0.15) is 128 Å². The number of aliphatic hydroxyl groups excluding tert-OH is 2. The van der Waals surface area contributed by atoms with Crippen LogP contribution in [0.15, 0.2) is 23.0 Å². The molecule has 1 aromatic rings. The third-order valence-electron chi connectivity index (χ3n) is 11.5. The quantitative estimate of drug-likeness (QED) is 0.241. The largest absolute Gasteiger partial charge is 0.508 e. The van der Waals surface area contributed by atoms with Gasteiger partial charge in [0.15, 0.2) is 17.2 Å². The second-order valence-electron chi connectivity index (χ2n) is 15.3. The first-order chi connectivity index (χ1) is 20.5. The number of hydrogen-bond donors (Lipinski definition) is 4. The van der Waals surface area contributed by atoms with Crippen LogP contribution in [0.3, 0.4) is 0 Å². The molecule has 4 aliphatic rings. The lowest BCUT2D eigenvalue weighted by atomic mass is 9.43. The molecule has 2 fully saturated rings. The van der Waals surface area contributed by atoms with E-state index in [2.05, 4.69) is 19.9 Å². The first-order valence-electron chi connectivity index (χ1n) is 16.6. The van der Waals surface area contributed by atoms with Crippen molar-refractivity contribution in [2.45, 2.75) is 124 Å². The van der Waals surface area contributed by atoms with Crippen molar-refractivity contribution in [1.29, 1.82) is 0 Å². The zero-order valence-corrected chi connectivity index (χ0v) is 27.5. The summed E-state index contributed by atoms with van der Waals surface area (Å²) in [5.41, 5.74) is -2.95. The molecule has 1 aromatic carbocycles.